The smallest absolute Gasteiger partial charge is 0.127 e. The van der Waals surface area contributed by atoms with E-state index in [9.17, 15) is 4.39 Å². The van der Waals surface area contributed by atoms with Crippen molar-refractivity contribution in [3.63, 3.8) is 0 Å². The molecular formula is C12H9Cl2FS. The van der Waals surface area contributed by atoms with Gasteiger partial charge in [0.2, 0.25) is 0 Å². The minimum atomic E-state index is -0.298. The number of rotatable bonds is 3. The SMILES string of the molecule is Fc1cccc(Cl)c1CC(Cl)c1ccsc1. The third-order valence-electron chi connectivity index (χ3n) is 2.35. The molecule has 1 aromatic carbocycles. The minimum Gasteiger partial charge on any atom is -0.207 e. The fourth-order valence-electron chi connectivity index (χ4n) is 1.48. The van der Waals surface area contributed by atoms with Crippen molar-refractivity contribution in [3.8, 4) is 0 Å². The van der Waals surface area contributed by atoms with Crippen LogP contribution in [-0.4, -0.2) is 0 Å². The number of hydrogen-bond acceptors (Lipinski definition) is 1. The molecule has 0 amide bonds. The molecule has 0 aliphatic rings. The Kier molecular flexibility index (Phi) is 3.85. The lowest BCUT2D eigenvalue weighted by molar-refractivity contribution is 0.607. The van der Waals surface area contributed by atoms with Crippen molar-refractivity contribution in [2.75, 3.05) is 0 Å². The van der Waals surface area contributed by atoms with Gasteiger partial charge in [0.1, 0.15) is 5.82 Å². The van der Waals surface area contributed by atoms with Crippen molar-refractivity contribution < 1.29 is 4.39 Å². The monoisotopic (exact) mass is 274 g/mol. The summed E-state index contributed by atoms with van der Waals surface area (Å²) in [6.45, 7) is 0. The van der Waals surface area contributed by atoms with Gasteiger partial charge in [-0.05, 0) is 40.9 Å². The molecule has 2 rings (SSSR count). The average molecular weight is 275 g/mol. The topological polar surface area (TPSA) is 0 Å². The van der Waals surface area contributed by atoms with E-state index in [0.29, 0.717) is 17.0 Å². The largest absolute Gasteiger partial charge is 0.207 e. The van der Waals surface area contributed by atoms with Gasteiger partial charge in [-0.15, -0.1) is 11.6 Å². The first-order chi connectivity index (χ1) is 7.68. The molecule has 0 aliphatic carbocycles. The molecule has 0 spiro atoms. The van der Waals surface area contributed by atoms with Crippen LogP contribution in [0.25, 0.3) is 0 Å². The Hall–Kier alpha value is -0.570. The molecule has 0 N–H and O–H groups in total. The summed E-state index contributed by atoms with van der Waals surface area (Å²) in [6, 6.07) is 6.61. The number of halogens is 3. The molecule has 84 valence electrons. The van der Waals surface area contributed by atoms with E-state index in [2.05, 4.69) is 0 Å². The minimum absolute atomic E-state index is 0.236. The zero-order valence-corrected chi connectivity index (χ0v) is 10.6. The quantitative estimate of drug-likeness (QED) is 0.686. The van der Waals surface area contributed by atoms with Gasteiger partial charge < -0.3 is 0 Å². The van der Waals surface area contributed by atoms with Gasteiger partial charge in [0, 0.05) is 10.6 Å². The molecule has 4 heteroatoms. The standard InChI is InChI=1S/C12H9Cl2FS/c13-10-2-1-3-12(15)9(10)6-11(14)8-4-5-16-7-8/h1-5,7,11H,6H2. The average Bonchev–Trinajstić information content (AvgIpc) is 2.76. The van der Waals surface area contributed by atoms with Crippen LogP contribution in [-0.2, 0) is 6.42 Å². The van der Waals surface area contributed by atoms with Gasteiger partial charge in [-0.25, -0.2) is 4.39 Å². The van der Waals surface area contributed by atoms with Crippen LogP contribution in [0.3, 0.4) is 0 Å². The number of benzene rings is 1. The molecule has 0 fully saturated rings. The van der Waals surface area contributed by atoms with Crippen molar-refractivity contribution in [2.45, 2.75) is 11.8 Å². The molecular weight excluding hydrogens is 266 g/mol. The van der Waals surface area contributed by atoms with Gasteiger partial charge >= 0.3 is 0 Å². The summed E-state index contributed by atoms with van der Waals surface area (Å²) < 4.78 is 13.5. The summed E-state index contributed by atoms with van der Waals surface area (Å²) >= 11 is 13.7. The molecule has 1 atom stereocenters. The Balaban J connectivity index is 2.21. The Morgan fingerprint density at radius 2 is 2.12 bits per heavy atom. The van der Waals surface area contributed by atoms with E-state index in [-0.39, 0.29) is 11.2 Å². The second-order valence-corrected chi connectivity index (χ2v) is 5.14. The summed E-state index contributed by atoms with van der Waals surface area (Å²) in [5.41, 5.74) is 1.49. The Labute approximate surface area is 108 Å². The van der Waals surface area contributed by atoms with Crippen molar-refractivity contribution in [2.24, 2.45) is 0 Å². The predicted octanol–water partition coefficient (Wildman–Crippen LogP) is 5.06. The van der Waals surface area contributed by atoms with Crippen LogP contribution in [0.5, 0.6) is 0 Å². The molecule has 1 aromatic heterocycles. The first-order valence-electron chi connectivity index (χ1n) is 4.77. The normalized spacial score (nSPS) is 12.7. The fraction of sp³-hybridized carbons (Fsp3) is 0.167. The molecule has 0 saturated carbocycles. The van der Waals surface area contributed by atoms with Crippen LogP contribution in [0.1, 0.15) is 16.5 Å². The van der Waals surface area contributed by atoms with Crippen LogP contribution >= 0.6 is 34.5 Å². The maximum absolute atomic E-state index is 13.5. The van der Waals surface area contributed by atoms with Crippen LogP contribution in [0.2, 0.25) is 5.02 Å². The van der Waals surface area contributed by atoms with Gasteiger partial charge in [0.05, 0.1) is 5.38 Å². The molecule has 0 bridgehead atoms. The van der Waals surface area contributed by atoms with Gasteiger partial charge in [0.25, 0.3) is 0 Å². The second kappa shape index (κ2) is 5.17. The summed E-state index contributed by atoms with van der Waals surface area (Å²) in [4.78, 5) is 0. The zero-order valence-electron chi connectivity index (χ0n) is 8.29. The van der Waals surface area contributed by atoms with Gasteiger partial charge in [-0.1, -0.05) is 17.7 Å². The van der Waals surface area contributed by atoms with E-state index in [1.807, 2.05) is 16.8 Å². The van der Waals surface area contributed by atoms with E-state index in [1.165, 1.54) is 6.07 Å². The van der Waals surface area contributed by atoms with Crippen LogP contribution in [0.4, 0.5) is 4.39 Å². The van der Waals surface area contributed by atoms with Crippen LogP contribution < -0.4 is 0 Å². The Bertz CT molecular complexity index is 448. The number of alkyl halides is 1. The van der Waals surface area contributed by atoms with Crippen molar-refractivity contribution in [3.05, 3.63) is 57.0 Å². The highest BCUT2D eigenvalue weighted by Crippen LogP contribution is 2.30. The highest BCUT2D eigenvalue weighted by Gasteiger charge is 2.14. The zero-order chi connectivity index (χ0) is 11.5. The van der Waals surface area contributed by atoms with E-state index in [4.69, 9.17) is 23.2 Å². The van der Waals surface area contributed by atoms with Crippen LogP contribution in [0.15, 0.2) is 35.0 Å². The molecule has 0 saturated heterocycles. The predicted molar refractivity (Wildman–Crippen MR) is 68.0 cm³/mol. The van der Waals surface area contributed by atoms with Crippen molar-refractivity contribution >= 4 is 34.5 Å². The van der Waals surface area contributed by atoms with Gasteiger partial charge in [0.15, 0.2) is 0 Å². The third kappa shape index (κ3) is 2.57. The maximum atomic E-state index is 13.5. The second-order valence-electron chi connectivity index (χ2n) is 3.43. The molecule has 1 unspecified atom stereocenters. The summed E-state index contributed by atoms with van der Waals surface area (Å²) in [5.74, 6) is -0.298. The van der Waals surface area contributed by atoms with Crippen molar-refractivity contribution in [1.29, 1.82) is 0 Å². The van der Waals surface area contributed by atoms with Crippen molar-refractivity contribution in [1.82, 2.24) is 0 Å². The third-order valence-corrected chi connectivity index (χ3v) is 3.81. The summed E-state index contributed by atoms with van der Waals surface area (Å²) in [7, 11) is 0. The summed E-state index contributed by atoms with van der Waals surface area (Å²) in [5, 5.41) is 4.11. The first-order valence-corrected chi connectivity index (χ1v) is 6.53. The Morgan fingerprint density at radius 1 is 1.31 bits per heavy atom. The first kappa shape index (κ1) is 11.9. The highest BCUT2D eigenvalue weighted by molar-refractivity contribution is 7.08. The maximum Gasteiger partial charge on any atom is 0.127 e. The van der Waals surface area contributed by atoms with Gasteiger partial charge in [-0.3, -0.25) is 0 Å². The van der Waals surface area contributed by atoms with Crippen LogP contribution in [0, 0.1) is 5.82 Å². The summed E-state index contributed by atoms with van der Waals surface area (Å²) in [6.07, 6.45) is 0.407. The molecule has 1 heterocycles. The molecule has 0 nitrogen and oxygen atoms in total. The van der Waals surface area contributed by atoms with Gasteiger partial charge in [-0.2, -0.15) is 11.3 Å². The van der Waals surface area contributed by atoms with E-state index >= 15 is 0 Å². The van der Waals surface area contributed by atoms with E-state index in [0.717, 1.165) is 5.56 Å². The molecule has 16 heavy (non-hydrogen) atoms. The van der Waals surface area contributed by atoms with E-state index < -0.39 is 0 Å². The lowest BCUT2D eigenvalue weighted by Crippen LogP contribution is -1.98. The molecule has 0 aliphatic heterocycles. The number of thiophene rings is 1. The molecule has 2 aromatic rings. The number of hydrogen-bond donors (Lipinski definition) is 0. The lowest BCUT2D eigenvalue weighted by Gasteiger charge is -2.10. The molecule has 0 radical (unpaired) electrons. The lowest BCUT2D eigenvalue weighted by atomic mass is 10.1. The van der Waals surface area contributed by atoms with E-state index in [1.54, 1.807) is 23.5 Å². The fourth-order valence-corrected chi connectivity index (χ4v) is 2.80. The highest BCUT2D eigenvalue weighted by atomic mass is 35.5. The Morgan fingerprint density at radius 3 is 2.75 bits per heavy atom.